The van der Waals surface area contributed by atoms with Crippen LogP contribution < -0.4 is 10.1 Å². The number of aromatic nitrogens is 1. The van der Waals surface area contributed by atoms with Crippen molar-refractivity contribution in [3.05, 3.63) is 18.3 Å². The molecular weight excluding hydrogens is 308 g/mol. The summed E-state index contributed by atoms with van der Waals surface area (Å²) in [5, 5.41) is 2.92. The Kier molecular flexibility index (Phi) is 6.99. The zero-order valence-electron chi connectivity index (χ0n) is 14.8. The Morgan fingerprint density at radius 3 is 2.67 bits per heavy atom. The molecule has 0 unspecified atom stereocenters. The van der Waals surface area contributed by atoms with Crippen molar-refractivity contribution in [3.63, 3.8) is 0 Å². The van der Waals surface area contributed by atoms with E-state index in [0.717, 1.165) is 25.7 Å². The van der Waals surface area contributed by atoms with Gasteiger partial charge in [-0.3, -0.25) is 4.79 Å². The van der Waals surface area contributed by atoms with Crippen LogP contribution in [0.2, 0.25) is 0 Å². The maximum atomic E-state index is 12.6. The minimum Gasteiger partial charge on any atom is -0.475 e. The number of hydrogen-bond acceptors (Lipinski definition) is 5. The lowest BCUT2D eigenvalue weighted by Gasteiger charge is -2.36. The van der Waals surface area contributed by atoms with Gasteiger partial charge >= 0.3 is 0 Å². The third-order valence-corrected chi connectivity index (χ3v) is 4.56. The molecule has 6 nitrogen and oxygen atoms in total. The van der Waals surface area contributed by atoms with Crippen LogP contribution in [0.1, 0.15) is 39.5 Å². The predicted molar refractivity (Wildman–Crippen MR) is 92.2 cm³/mol. The van der Waals surface area contributed by atoms with E-state index in [4.69, 9.17) is 14.2 Å². The van der Waals surface area contributed by atoms with Crippen molar-refractivity contribution in [2.24, 2.45) is 5.92 Å². The van der Waals surface area contributed by atoms with Crippen LogP contribution in [-0.2, 0) is 14.3 Å². The van der Waals surface area contributed by atoms with E-state index in [0.29, 0.717) is 37.3 Å². The van der Waals surface area contributed by atoms with Gasteiger partial charge in [0.2, 0.25) is 5.88 Å². The van der Waals surface area contributed by atoms with Gasteiger partial charge in [-0.05, 0) is 44.6 Å². The fraction of sp³-hybridized carbons (Fsp3) is 0.667. The van der Waals surface area contributed by atoms with E-state index in [9.17, 15) is 4.79 Å². The highest BCUT2D eigenvalue weighted by atomic mass is 16.5. The molecule has 0 aromatic carbocycles. The Hall–Kier alpha value is -1.66. The maximum Gasteiger partial charge on any atom is 0.256 e. The summed E-state index contributed by atoms with van der Waals surface area (Å²) in [6.07, 6.45) is 5.12. The fourth-order valence-corrected chi connectivity index (χ4v) is 2.89. The molecule has 134 valence electrons. The van der Waals surface area contributed by atoms with Crippen LogP contribution in [0.25, 0.3) is 0 Å². The van der Waals surface area contributed by atoms with Gasteiger partial charge in [0.05, 0.1) is 18.5 Å². The third kappa shape index (κ3) is 4.92. The topological polar surface area (TPSA) is 69.7 Å². The first kappa shape index (κ1) is 18.7. The molecule has 1 N–H and O–H groups in total. The van der Waals surface area contributed by atoms with Crippen molar-refractivity contribution < 1.29 is 19.0 Å². The van der Waals surface area contributed by atoms with Crippen LogP contribution in [-0.4, -0.2) is 43.4 Å². The molecule has 1 aliphatic carbocycles. The average Bonchev–Trinajstić information content (AvgIpc) is 2.61. The Morgan fingerprint density at radius 2 is 2.08 bits per heavy atom. The number of pyridine rings is 1. The summed E-state index contributed by atoms with van der Waals surface area (Å²) in [6.45, 7) is 5.81. The highest BCUT2D eigenvalue weighted by molar-refractivity contribution is 5.97. The van der Waals surface area contributed by atoms with Crippen LogP contribution in [0.15, 0.2) is 18.3 Å². The second kappa shape index (κ2) is 8.99. The smallest absolute Gasteiger partial charge is 0.256 e. The van der Waals surface area contributed by atoms with Crippen LogP contribution in [0.3, 0.4) is 0 Å². The van der Waals surface area contributed by atoms with Crippen molar-refractivity contribution >= 4 is 11.6 Å². The quantitative estimate of drug-likeness (QED) is 0.739. The Labute approximate surface area is 143 Å². The number of hydrogen-bond donors (Lipinski definition) is 1. The minimum absolute atomic E-state index is 0.0938. The van der Waals surface area contributed by atoms with Crippen LogP contribution in [0, 0.1) is 5.92 Å². The number of nitrogens with one attached hydrogen (secondary N) is 1. The normalized spacial score (nSPS) is 23.7. The summed E-state index contributed by atoms with van der Waals surface area (Å²) in [6, 6.07) is 3.53. The first-order chi connectivity index (χ1) is 11.6. The summed E-state index contributed by atoms with van der Waals surface area (Å²) in [5.41, 5.74) is -0.0775. The van der Waals surface area contributed by atoms with Gasteiger partial charge in [-0.1, -0.05) is 6.92 Å². The molecular formula is C18H28N2O4. The lowest BCUT2D eigenvalue weighted by molar-refractivity contribution is -0.142. The number of methoxy groups -OCH3 is 1. The van der Waals surface area contributed by atoms with E-state index in [1.165, 1.54) is 0 Å². The van der Waals surface area contributed by atoms with Crippen molar-refractivity contribution in [3.8, 4) is 5.88 Å². The van der Waals surface area contributed by atoms with Gasteiger partial charge in [-0.15, -0.1) is 0 Å². The summed E-state index contributed by atoms with van der Waals surface area (Å²) >= 11 is 0. The van der Waals surface area contributed by atoms with E-state index in [1.807, 2.05) is 6.92 Å². The van der Waals surface area contributed by atoms with Crippen molar-refractivity contribution in [2.45, 2.75) is 45.1 Å². The molecule has 0 radical (unpaired) electrons. The number of anilines is 1. The van der Waals surface area contributed by atoms with Gasteiger partial charge in [-0.2, -0.15) is 0 Å². The largest absolute Gasteiger partial charge is 0.475 e. The van der Waals surface area contributed by atoms with E-state index >= 15 is 0 Å². The molecule has 0 saturated heterocycles. The molecule has 0 bridgehead atoms. The van der Waals surface area contributed by atoms with Gasteiger partial charge < -0.3 is 19.5 Å². The van der Waals surface area contributed by atoms with Gasteiger partial charge in [0.1, 0.15) is 12.2 Å². The highest BCUT2D eigenvalue weighted by Gasteiger charge is 2.41. The van der Waals surface area contributed by atoms with Crippen LogP contribution >= 0.6 is 0 Å². The van der Waals surface area contributed by atoms with E-state index in [1.54, 1.807) is 25.4 Å². The Balaban J connectivity index is 1.89. The molecule has 24 heavy (non-hydrogen) atoms. The van der Waals surface area contributed by atoms with Crippen molar-refractivity contribution in [1.29, 1.82) is 0 Å². The highest BCUT2D eigenvalue weighted by Crippen LogP contribution is 2.35. The van der Waals surface area contributed by atoms with Crippen LogP contribution in [0.4, 0.5) is 5.69 Å². The summed E-state index contributed by atoms with van der Waals surface area (Å²) < 4.78 is 16.3. The lowest BCUT2D eigenvalue weighted by atomic mass is 9.79. The SMILES string of the molecule is CCOCCOc1ccc(NC(=O)C2(OC)CCC(C)CC2)cn1. The van der Waals surface area contributed by atoms with Crippen molar-refractivity contribution in [2.75, 3.05) is 32.2 Å². The van der Waals surface area contributed by atoms with E-state index < -0.39 is 5.60 Å². The molecule has 0 spiro atoms. The number of carbonyl (C=O) groups excluding carboxylic acids is 1. The second-order valence-corrected chi connectivity index (χ2v) is 6.27. The summed E-state index contributed by atoms with van der Waals surface area (Å²) in [7, 11) is 1.61. The fourth-order valence-electron chi connectivity index (χ4n) is 2.89. The number of ether oxygens (including phenoxy) is 3. The number of amides is 1. The molecule has 1 aromatic rings. The van der Waals surface area contributed by atoms with E-state index in [2.05, 4.69) is 17.2 Å². The maximum absolute atomic E-state index is 12.6. The zero-order valence-corrected chi connectivity index (χ0v) is 14.8. The van der Waals surface area contributed by atoms with E-state index in [-0.39, 0.29) is 5.91 Å². The Morgan fingerprint density at radius 1 is 1.33 bits per heavy atom. The summed E-state index contributed by atoms with van der Waals surface area (Å²) in [4.78, 5) is 16.8. The molecule has 1 aromatic heterocycles. The van der Waals surface area contributed by atoms with Gasteiger partial charge in [-0.25, -0.2) is 4.98 Å². The molecule has 2 rings (SSSR count). The minimum atomic E-state index is -0.723. The summed E-state index contributed by atoms with van der Waals surface area (Å²) in [5.74, 6) is 1.07. The number of nitrogens with zero attached hydrogens (tertiary/aromatic N) is 1. The van der Waals surface area contributed by atoms with Gasteiger partial charge in [0, 0.05) is 19.8 Å². The number of rotatable bonds is 8. The molecule has 0 atom stereocenters. The third-order valence-electron chi connectivity index (χ3n) is 4.56. The molecule has 1 heterocycles. The second-order valence-electron chi connectivity index (χ2n) is 6.27. The molecule has 6 heteroatoms. The van der Waals surface area contributed by atoms with Crippen LogP contribution in [0.5, 0.6) is 5.88 Å². The van der Waals surface area contributed by atoms with Gasteiger partial charge in [0.15, 0.2) is 0 Å². The molecule has 0 aliphatic heterocycles. The van der Waals surface area contributed by atoms with Crippen molar-refractivity contribution in [1.82, 2.24) is 4.98 Å². The first-order valence-electron chi connectivity index (χ1n) is 8.63. The molecule has 1 aliphatic rings. The monoisotopic (exact) mass is 336 g/mol. The zero-order chi connectivity index (χ0) is 17.4. The standard InChI is InChI=1S/C18H28N2O4/c1-4-23-11-12-24-16-6-5-15(13-19-16)20-17(21)18(22-3)9-7-14(2)8-10-18/h5-6,13-14H,4,7-12H2,1-3H3,(H,20,21). The van der Waals surface area contributed by atoms with Gasteiger partial charge in [0.25, 0.3) is 5.91 Å². The molecule has 1 saturated carbocycles. The lowest BCUT2D eigenvalue weighted by Crippen LogP contribution is -2.47. The molecule has 1 amide bonds. The predicted octanol–water partition coefficient (Wildman–Crippen LogP) is 3.03. The first-order valence-corrected chi connectivity index (χ1v) is 8.63. The average molecular weight is 336 g/mol. The Bertz CT molecular complexity index is 510. The molecule has 1 fully saturated rings. The number of carbonyl (C=O) groups is 1.